The van der Waals surface area contributed by atoms with Crippen LogP contribution in [0.25, 0.3) is 10.2 Å². The molecule has 17 heavy (non-hydrogen) atoms. The van der Waals surface area contributed by atoms with Crippen LogP contribution in [0.1, 0.15) is 11.8 Å². The number of nitrogens with two attached hydrogens (primary N) is 1. The number of nitrogens with zero attached hydrogens (tertiary/aromatic N) is 2. The van der Waals surface area contributed by atoms with Crippen molar-refractivity contribution in [3.8, 4) is 0 Å². The Morgan fingerprint density at radius 1 is 1.53 bits per heavy atom. The third-order valence-electron chi connectivity index (χ3n) is 2.33. The lowest BCUT2D eigenvalue weighted by molar-refractivity contribution is 0.905. The van der Waals surface area contributed by atoms with Crippen LogP contribution < -0.4 is 11.1 Å². The Hall–Kier alpha value is -1.01. The zero-order valence-corrected chi connectivity index (χ0v) is 11.8. The van der Waals surface area contributed by atoms with Gasteiger partial charge in [0.25, 0.3) is 0 Å². The number of hydrogen-bond acceptors (Lipinski definition) is 6. The monoisotopic (exact) mass is 268 g/mol. The molecule has 6 heteroatoms. The van der Waals surface area contributed by atoms with E-state index in [0.717, 1.165) is 21.8 Å². The van der Waals surface area contributed by atoms with E-state index in [1.54, 1.807) is 11.3 Å². The summed E-state index contributed by atoms with van der Waals surface area (Å²) >= 11 is 3.45. The Balaban J connectivity index is 2.37. The number of thiophene rings is 1. The van der Waals surface area contributed by atoms with Gasteiger partial charge in [0, 0.05) is 16.7 Å². The van der Waals surface area contributed by atoms with Gasteiger partial charge in [-0.25, -0.2) is 4.98 Å². The summed E-state index contributed by atoms with van der Waals surface area (Å²) in [6, 6.07) is 2.47. The van der Waals surface area contributed by atoms with E-state index in [1.165, 1.54) is 4.88 Å². The molecule has 0 saturated carbocycles. The summed E-state index contributed by atoms with van der Waals surface area (Å²) in [5.74, 6) is 2.21. The summed E-state index contributed by atoms with van der Waals surface area (Å²) in [4.78, 5) is 10.7. The first-order chi connectivity index (χ1) is 8.10. The number of aryl methyl sites for hydroxylation is 1. The SMILES string of the molecule is CSCC(C)Nc1nc(N)nc2sc(C)cc12. The Morgan fingerprint density at radius 3 is 3.00 bits per heavy atom. The van der Waals surface area contributed by atoms with Gasteiger partial charge in [-0.2, -0.15) is 16.7 Å². The number of anilines is 2. The Kier molecular flexibility index (Phi) is 3.73. The van der Waals surface area contributed by atoms with E-state index >= 15 is 0 Å². The largest absolute Gasteiger partial charge is 0.368 e. The molecule has 4 nitrogen and oxygen atoms in total. The van der Waals surface area contributed by atoms with E-state index in [-0.39, 0.29) is 0 Å². The molecule has 3 N–H and O–H groups in total. The first-order valence-corrected chi connectivity index (χ1v) is 7.60. The van der Waals surface area contributed by atoms with Crippen molar-refractivity contribution in [2.45, 2.75) is 19.9 Å². The first-order valence-electron chi connectivity index (χ1n) is 5.39. The van der Waals surface area contributed by atoms with Crippen LogP contribution in [-0.2, 0) is 0 Å². The summed E-state index contributed by atoms with van der Waals surface area (Å²) in [6.07, 6.45) is 2.09. The van der Waals surface area contributed by atoms with Gasteiger partial charge in [-0.1, -0.05) is 0 Å². The van der Waals surface area contributed by atoms with Gasteiger partial charge >= 0.3 is 0 Å². The predicted octanol–water partition coefficient (Wildman–Crippen LogP) is 2.75. The van der Waals surface area contributed by atoms with Crippen LogP contribution in [-0.4, -0.2) is 28.0 Å². The normalized spacial score (nSPS) is 12.9. The molecule has 1 atom stereocenters. The smallest absolute Gasteiger partial charge is 0.223 e. The van der Waals surface area contributed by atoms with Gasteiger partial charge in [-0.15, -0.1) is 11.3 Å². The molecule has 0 aliphatic carbocycles. The van der Waals surface area contributed by atoms with Gasteiger partial charge in [0.05, 0.1) is 5.39 Å². The summed E-state index contributed by atoms with van der Waals surface area (Å²) in [5.41, 5.74) is 5.72. The molecule has 0 saturated heterocycles. The zero-order chi connectivity index (χ0) is 12.4. The van der Waals surface area contributed by atoms with Crippen LogP contribution in [0.5, 0.6) is 0 Å². The number of nitrogens with one attached hydrogen (secondary N) is 1. The predicted molar refractivity (Wildman–Crippen MR) is 78.0 cm³/mol. The minimum atomic E-state index is 0.332. The van der Waals surface area contributed by atoms with Crippen LogP contribution in [0.3, 0.4) is 0 Å². The second kappa shape index (κ2) is 5.10. The molecule has 1 unspecified atom stereocenters. The molecule has 0 bridgehead atoms. The van der Waals surface area contributed by atoms with Gasteiger partial charge in [0.1, 0.15) is 10.6 Å². The minimum absolute atomic E-state index is 0.332. The topological polar surface area (TPSA) is 63.8 Å². The molecule has 92 valence electrons. The molecule has 2 rings (SSSR count). The van der Waals surface area contributed by atoms with E-state index < -0.39 is 0 Å². The minimum Gasteiger partial charge on any atom is -0.368 e. The Bertz CT molecular complexity index is 523. The van der Waals surface area contributed by atoms with E-state index in [9.17, 15) is 0 Å². The summed E-state index contributed by atoms with van der Waals surface area (Å²) < 4.78 is 0. The number of rotatable bonds is 4. The van der Waals surface area contributed by atoms with Crippen molar-refractivity contribution >= 4 is 45.1 Å². The first kappa shape index (κ1) is 12.4. The van der Waals surface area contributed by atoms with E-state index in [0.29, 0.717) is 12.0 Å². The summed E-state index contributed by atoms with van der Waals surface area (Å²) in [6.45, 7) is 4.21. The van der Waals surface area contributed by atoms with E-state index in [1.807, 2.05) is 11.8 Å². The van der Waals surface area contributed by atoms with E-state index in [4.69, 9.17) is 5.73 Å². The quantitative estimate of drug-likeness (QED) is 0.892. The molecule has 0 aromatic carbocycles. The third-order valence-corrected chi connectivity index (χ3v) is 4.11. The van der Waals surface area contributed by atoms with Crippen molar-refractivity contribution in [1.29, 1.82) is 0 Å². The van der Waals surface area contributed by atoms with Crippen LogP contribution in [0.2, 0.25) is 0 Å². The maximum absolute atomic E-state index is 5.72. The fraction of sp³-hybridized carbons (Fsp3) is 0.455. The van der Waals surface area contributed by atoms with Gasteiger partial charge in [-0.3, -0.25) is 0 Å². The average molecular weight is 268 g/mol. The zero-order valence-electron chi connectivity index (χ0n) is 10.2. The standard InChI is InChI=1S/C11H16N4S2/c1-6(5-16-3)13-9-8-4-7(2)17-10(8)15-11(12)14-9/h4,6H,5H2,1-3H3,(H3,12,13,14,15). The third kappa shape index (κ3) is 2.81. The number of hydrogen-bond donors (Lipinski definition) is 2. The van der Waals surface area contributed by atoms with Gasteiger partial charge in [-0.05, 0) is 26.2 Å². The van der Waals surface area contributed by atoms with Crippen LogP contribution in [0.4, 0.5) is 11.8 Å². The van der Waals surface area contributed by atoms with Crippen molar-refractivity contribution in [1.82, 2.24) is 9.97 Å². The highest BCUT2D eigenvalue weighted by Crippen LogP contribution is 2.29. The van der Waals surface area contributed by atoms with Crippen molar-refractivity contribution in [3.63, 3.8) is 0 Å². The van der Waals surface area contributed by atoms with Gasteiger partial charge in [0.2, 0.25) is 5.95 Å². The van der Waals surface area contributed by atoms with Crippen molar-refractivity contribution < 1.29 is 0 Å². The highest BCUT2D eigenvalue weighted by Gasteiger charge is 2.11. The molecule has 0 aliphatic rings. The van der Waals surface area contributed by atoms with Crippen molar-refractivity contribution in [3.05, 3.63) is 10.9 Å². The highest BCUT2D eigenvalue weighted by atomic mass is 32.2. The fourth-order valence-electron chi connectivity index (χ4n) is 1.69. The number of fused-ring (bicyclic) bond motifs is 1. The second-order valence-corrected chi connectivity index (χ2v) is 6.15. The Labute approximate surface area is 109 Å². The maximum atomic E-state index is 5.72. The van der Waals surface area contributed by atoms with Crippen LogP contribution >= 0.6 is 23.1 Å². The number of aromatic nitrogens is 2. The molecular formula is C11H16N4S2. The molecule has 0 aliphatic heterocycles. The molecular weight excluding hydrogens is 252 g/mol. The van der Waals surface area contributed by atoms with Crippen LogP contribution in [0, 0.1) is 6.92 Å². The lowest BCUT2D eigenvalue weighted by Gasteiger charge is -2.13. The van der Waals surface area contributed by atoms with E-state index in [2.05, 4.69) is 41.5 Å². The molecule has 0 radical (unpaired) electrons. The molecule has 0 amide bonds. The fourth-order valence-corrected chi connectivity index (χ4v) is 3.16. The Morgan fingerprint density at radius 2 is 2.29 bits per heavy atom. The second-order valence-electron chi connectivity index (χ2n) is 4.01. The molecule has 0 fully saturated rings. The number of thioether (sulfide) groups is 1. The lowest BCUT2D eigenvalue weighted by Crippen LogP contribution is -2.19. The van der Waals surface area contributed by atoms with Gasteiger partial charge < -0.3 is 11.1 Å². The van der Waals surface area contributed by atoms with Crippen molar-refractivity contribution in [2.75, 3.05) is 23.1 Å². The summed E-state index contributed by atoms with van der Waals surface area (Å²) in [7, 11) is 0. The molecule has 2 aromatic rings. The lowest BCUT2D eigenvalue weighted by atomic mass is 10.3. The maximum Gasteiger partial charge on any atom is 0.223 e. The molecule has 2 heterocycles. The van der Waals surface area contributed by atoms with Crippen LogP contribution in [0.15, 0.2) is 6.07 Å². The molecule has 2 aromatic heterocycles. The average Bonchev–Trinajstić information content (AvgIpc) is 2.58. The molecule has 0 spiro atoms. The highest BCUT2D eigenvalue weighted by molar-refractivity contribution is 7.98. The number of nitrogen functional groups attached to an aromatic ring is 1. The summed E-state index contributed by atoms with van der Waals surface area (Å²) in [5, 5.41) is 4.46. The van der Waals surface area contributed by atoms with Crippen molar-refractivity contribution in [2.24, 2.45) is 0 Å². The van der Waals surface area contributed by atoms with Gasteiger partial charge in [0.15, 0.2) is 0 Å².